The summed E-state index contributed by atoms with van der Waals surface area (Å²) in [7, 11) is -3.90. The van der Waals surface area contributed by atoms with Gasteiger partial charge in [-0.25, -0.2) is 4.98 Å². The Kier molecular flexibility index (Phi) is 4.95. The summed E-state index contributed by atoms with van der Waals surface area (Å²) in [5.41, 5.74) is 6.58. The summed E-state index contributed by atoms with van der Waals surface area (Å²) in [6.07, 6.45) is 6.23. The molecule has 2 aromatic rings. The SMILES string of the molecule is Nc1nc(Cl)c2ncn(C/C=C\CCCP(=O)(O)O)c2n1. The van der Waals surface area contributed by atoms with Crippen LogP contribution in [0.25, 0.3) is 11.2 Å². The van der Waals surface area contributed by atoms with E-state index >= 15 is 0 Å². The third-order valence-electron chi connectivity index (χ3n) is 2.73. The quantitative estimate of drug-likeness (QED) is 0.317. The van der Waals surface area contributed by atoms with E-state index < -0.39 is 7.60 Å². The number of nitrogens with two attached hydrogens (primary N) is 1. The highest BCUT2D eigenvalue weighted by Gasteiger charge is 2.11. The molecule has 114 valence electrons. The molecule has 0 saturated carbocycles. The van der Waals surface area contributed by atoms with Gasteiger partial charge in [0, 0.05) is 6.54 Å². The summed E-state index contributed by atoms with van der Waals surface area (Å²) in [6, 6.07) is 0. The van der Waals surface area contributed by atoms with Crippen molar-refractivity contribution in [2.75, 3.05) is 11.9 Å². The molecule has 0 fully saturated rings. The third kappa shape index (κ3) is 4.50. The molecule has 0 aliphatic heterocycles. The van der Waals surface area contributed by atoms with E-state index in [2.05, 4.69) is 15.0 Å². The number of halogens is 1. The van der Waals surface area contributed by atoms with Crippen LogP contribution >= 0.6 is 19.2 Å². The van der Waals surface area contributed by atoms with Gasteiger partial charge in [0.25, 0.3) is 0 Å². The number of hydrogen-bond acceptors (Lipinski definition) is 5. The predicted molar refractivity (Wildman–Crippen MR) is 80.0 cm³/mol. The van der Waals surface area contributed by atoms with Crippen LogP contribution in [-0.4, -0.2) is 35.5 Å². The standard InChI is InChI=1S/C11H15ClN5O3P/c12-9-8-10(16-11(13)15-9)17(7-14-8)5-3-1-2-4-6-21(18,19)20/h1,3,7H,2,4-6H2,(H2,13,15,16)(H2,18,19,20)/b3-1-. The molecule has 0 atom stereocenters. The van der Waals surface area contributed by atoms with Gasteiger partial charge in [-0.2, -0.15) is 9.97 Å². The minimum atomic E-state index is -3.90. The van der Waals surface area contributed by atoms with E-state index in [1.165, 1.54) is 0 Å². The van der Waals surface area contributed by atoms with E-state index in [0.29, 0.717) is 30.6 Å². The zero-order valence-corrected chi connectivity index (χ0v) is 12.7. The van der Waals surface area contributed by atoms with Crippen LogP contribution in [0.2, 0.25) is 5.15 Å². The fourth-order valence-electron chi connectivity index (χ4n) is 1.78. The molecule has 2 rings (SSSR count). The molecule has 0 radical (unpaired) electrons. The van der Waals surface area contributed by atoms with E-state index in [1.54, 1.807) is 10.9 Å². The monoisotopic (exact) mass is 331 g/mol. The molecule has 8 nitrogen and oxygen atoms in total. The number of allylic oxidation sites excluding steroid dienone is 2. The van der Waals surface area contributed by atoms with Crippen LogP contribution in [0.5, 0.6) is 0 Å². The molecule has 0 spiro atoms. The topological polar surface area (TPSA) is 127 Å². The number of nitrogens with zero attached hydrogens (tertiary/aromatic N) is 4. The first-order valence-electron chi connectivity index (χ1n) is 6.20. The Labute approximate surface area is 125 Å². The highest BCUT2D eigenvalue weighted by Crippen LogP contribution is 2.35. The number of aromatic nitrogens is 4. The van der Waals surface area contributed by atoms with Gasteiger partial charge in [-0.3, -0.25) is 4.57 Å². The number of unbranched alkanes of at least 4 members (excludes halogenated alkanes) is 1. The maximum absolute atomic E-state index is 10.7. The van der Waals surface area contributed by atoms with E-state index in [4.69, 9.17) is 27.1 Å². The molecule has 0 aliphatic rings. The molecule has 2 aromatic heterocycles. The predicted octanol–water partition coefficient (Wildman–Crippen LogP) is 1.58. The van der Waals surface area contributed by atoms with Crippen molar-refractivity contribution in [3.05, 3.63) is 23.6 Å². The highest BCUT2D eigenvalue weighted by molar-refractivity contribution is 7.51. The van der Waals surface area contributed by atoms with Gasteiger partial charge >= 0.3 is 7.60 Å². The average Bonchev–Trinajstić information content (AvgIpc) is 2.75. The van der Waals surface area contributed by atoms with Crippen LogP contribution in [0.3, 0.4) is 0 Å². The Bertz CT molecular complexity index is 711. The smallest absolute Gasteiger partial charge is 0.325 e. The maximum Gasteiger partial charge on any atom is 0.325 e. The lowest BCUT2D eigenvalue weighted by atomic mass is 10.3. The lowest BCUT2D eigenvalue weighted by molar-refractivity contribution is 0.372. The van der Waals surface area contributed by atoms with Gasteiger partial charge in [0.1, 0.15) is 5.52 Å². The van der Waals surface area contributed by atoms with Gasteiger partial charge < -0.3 is 20.1 Å². The van der Waals surface area contributed by atoms with Gasteiger partial charge in [-0.15, -0.1) is 0 Å². The largest absolute Gasteiger partial charge is 0.368 e. The second kappa shape index (κ2) is 6.53. The molecular weight excluding hydrogens is 317 g/mol. The number of hydrogen-bond donors (Lipinski definition) is 3. The fraction of sp³-hybridized carbons (Fsp3) is 0.364. The Hall–Kier alpha value is -1.47. The second-order valence-electron chi connectivity index (χ2n) is 4.44. The number of nitrogen functional groups attached to an aromatic ring is 1. The molecule has 0 aliphatic carbocycles. The zero-order valence-electron chi connectivity index (χ0n) is 11.1. The molecule has 0 saturated heterocycles. The number of anilines is 1. The van der Waals surface area contributed by atoms with Crippen molar-refractivity contribution in [2.24, 2.45) is 0 Å². The Morgan fingerprint density at radius 3 is 2.86 bits per heavy atom. The summed E-state index contributed by atoms with van der Waals surface area (Å²) >= 11 is 5.92. The molecular formula is C11H15ClN5O3P. The first kappa shape index (κ1) is 15.9. The summed E-state index contributed by atoms with van der Waals surface area (Å²) in [5.74, 6) is 0.0832. The lowest BCUT2D eigenvalue weighted by Crippen LogP contribution is -2.00. The molecule has 10 heteroatoms. The minimum absolute atomic E-state index is 0.0832. The van der Waals surface area contributed by atoms with Gasteiger partial charge in [0.05, 0.1) is 12.5 Å². The van der Waals surface area contributed by atoms with Gasteiger partial charge in [0.15, 0.2) is 10.8 Å². The van der Waals surface area contributed by atoms with Crippen LogP contribution in [0, 0.1) is 0 Å². The average molecular weight is 332 g/mol. The van der Waals surface area contributed by atoms with Crippen molar-refractivity contribution in [1.29, 1.82) is 0 Å². The second-order valence-corrected chi connectivity index (χ2v) is 6.58. The summed E-state index contributed by atoms with van der Waals surface area (Å²) in [6.45, 7) is 0.513. The zero-order chi connectivity index (χ0) is 15.5. The molecule has 0 aromatic carbocycles. The highest BCUT2D eigenvalue weighted by atomic mass is 35.5. The van der Waals surface area contributed by atoms with Crippen LogP contribution < -0.4 is 5.73 Å². The first-order valence-corrected chi connectivity index (χ1v) is 8.38. The van der Waals surface area contributed by atoms with E-state index in [9.17, 15) is 4.57 Å². The van der Waals surface area contributed by atoms with Crippen molar-refractivity contribution in [1.82, 2.24) is 19.5 Å². The Balaban J connectivity index is 1.96. The maximum atomic E-state index is 10.7. The molecule has 21 heavy (non-hydrogen) atoms. The minimum Gasteiger partial charge on any atom is -0.368 e. The van der Waals surface area contributed by atoms with E-state index in [1.807, 2.05) is 12.2 Å². The van der Waals surface area contributed by atoms with Crippen LogP contribution in [0.1, 0.15) is 12.8 Å². The number of imidazole rings is 1. The molecule has 0 bridgehead atoms. The third-order valence-corrected chi connectivity index (χ3v) is 3.89. The fourth-order valence-corrected chi connectivity index (χ4v) is 2.59. The Morgan fingerprint density at radius 2 is 2.14 bits per heavy atom. The molecule has 0 unspecified atom stereocenters. The van der Waals surface area contributed by atoms with Crippen LogP contribution in [0.4, 0.5) is 5.95 Å². The lowest BCUT2D eigenvalue weighted by Gasteiger charge is -2.01. The molecule has 0 amide bonds. The van der Waals surface area contributed by atoms with Crippen LogP contribution in [0.15, 0.2) is 18.5 Å². The summed E-state index contributed by atoms with van der Waals surface area (Å²) < 4.78 is 12.4. The van der Waals surface area contributed by atoms with Crippen LogP contribution in [-0.2, 0) is 11.1 Å². The normalized spacial score (nSPS) is 12.5. The molecule has 2 heterocycles. The van der Waals surface area contributed by atoms with E-state index in [0.717, 1.165) is 0 Å². The summed E-state index contributed by atoms with van der Waals surface area (Å²) in [5, 5.41) is 0.210. The van der Waals surface area contributed by atoms with Crippen molar-refractivity contribution in [3.63, 3.8) is 0 Å². The van der Waals surface area contributed by atoms with Gasteiger partial charge in [0.2, 0.25) is 5.95 Å². The molecule has 4 N–H and O–H groups in total. The van der Waals surface area contributed by atoms with E-state index in [-0.39, 0.29) is 17.3 Å². The van der Waals surface area contributed by atoms with Crippen molar-refractivity contribution in [2.45, 2.75) is 19.4 Å². The first-order chi connectivity index (χ1) is 9.87. The van der Waals surface area contributed by atoms with Crippen molar-refractivity contribution < 1.29 is 14.4 Å². The van der Waals surface area contributed by atoms with Gasteiger partial charge in [-0.05, 0) is 12.8 Å². The van der Waals surface area contributed by atoms with Crippen molar-refractivity contribution >= 4 is 36.3 Å². The van der Waals surface area contributed by atoms with Gasteiger partial charge in [-0.1, -0.05) is 23.8 Å². The summed E-state index contributed by atoms with van der Waals surface area (Å²) in [4.78, 5) is 29.5. The van der Waals surface area contributed by atoms with Crippen molar-refractivity contribution in [3.8, 4) is 0 Å². The number of fused-ring (bicyclic) bond motifs is 1. The Morgan fingerprint density at radius 1 is 1.38 bits per heavy atom. The number of rotatable bonds is 6.